The van der Waals surface area contributed by atoms with Crippen LogP contribution < -0.4 is 5.32 Å². The van der Waals surface area contributed by atoms with Gasteiger partial charge in [0.05, 0.1) is 5.41 Å². The topological polar surface area (TPSA) is 42.0 Å². The van der Waals surface area contributed by atoms with Gasteiger partial charge in [-0.25, -0.2) is 0 Å². The maximum atomic E-state index is 12.1. The lowest BCUT2D eigenvalue weighted by Gasteiger charge is -2.36. The predicted octanol–water partition coefficient (Wildman–Crippen LogP) is 5.74. The first-order valence-corrected chi connectivity index (χ1v) is 11.4. The van der Waals surface area contributed by atoms with Crippen LogP contribution in [0.5, 0.6) is 0 Å². The number of pyridine rings is 1. The van der Waals surface area contributed by atoms with Gasteiger partial charge in [-0.2, -0.15) is 0 Å². The number of nitrogens with zero attached hydrogens (tertiary/aromatic N) is 1. The second-order valence-electron chi connectivity index (χ2n) is 8.57. The largest absolute Gasteiger partial charge is 0.317 e. The highest BCUT2D eigenvalue weighted by molar-refractivity contribution is 6.30. The highest BCUT2D eigenvalue weighted by atomic mass is 35.5. The molecule has 3 nitrogen and oxygen atoms in total. The average Bonchev–Trinajstić information content (AvgIpc) is 2.79. The Morgan fingerprint density at radius 1 is 1.03 bits per heavy atom. The smallest absolute Gasteiger partial charge is 0.121 e. The number of piperidine rings is 1. The van der Waals surface area contributed by atoms with E-state index in [1.165, 1.54) is 18.4 Å². The Labute approximate surface area is 189 Å². The molecule has 1 aromatic heterocycles. The summed E-state index contributed by atoms with van der Waals surface area (Å²) in [5.74, 6) is 0.594. The van der Waals surface area contributed by atoms with Crippen LogP contribution in [0.4, 0.5) is 0 Å². The van der Waals surface area contributed by atoms with Crippen molar-refractivity contribution in [1.29, 1.82) is 0 Å². The van der Waals surface area contributed by atoms with E-state index in [2.05, 4.69) is 53.6 Å². The number of carbonyl (C=O) groups is 1. The highest BCUT2D eigenvalue weighted by Crippen LogP contribution is 2.44. The third kappa shape index (κ3) is 4.30. The zero-order chi connectivity index (χ0) is 21.8. The maximum absolute atomic E-state index is 12.1. The van der Waals surface area contributed by atoms with Gasteiger partial charge in [-0.3, -0.25) is 4.98 Å². The maximum Gasteiger partial charge on any atom is 0.121 e. The zero-order valence-electron chi connectivity index (χ0n) is 18.2. The van der Waals surface area contributed by atoms with Gasteiger partial charge in [-0.15, -0.1) is 0 Å². The number of rotatable bonds is 6. The Bertz CT molecular complexity index is 1060. The van der Waals surface area contributed by atoms with E-state index >= 15 is 0 Å². The van der Waals surface area contributed by atoms with Gasteiger partial charge in [0.25, 0.3) is 0 Å². The molecule has 2 aromatic carbocycles. The lowest BCUT2D eigenvalue weighted by molar-refractivity contribution is -0.108. The first-order valence-electron chi connectivity index (χ1n) is 11.0. The fourth-order valence-electron chi connectivity index (χ4n) is 5.06. The molecule has 160 valence electrons. The van der Waals surface area contributed by atoms with E-state index in [4.69, 9.17) is 11.6 Å². The van der Waals surface area contributed by atoms with Crippen molar-refractivity contribution in [3.05, 3.63) is 99.3 Å². The van der Waals surface area contributed by atoms with E-state index in [9.17, 15) is 4.79 Å². The second-order valence-corrected chi connectivity index (χ2v) is 9.00. The van der Waals surface area contributed by atoms with E-state index in [0.717, 1.165) is 47.3 Å². The molecular formula is C27H29ClN2O. The van der Waals surface area contributed by atoms with Crippen LogP contribution in [0.1, 0.15) is 58.7 Å². The minimum Gasteiger partial charge on any atom is -0.317 e. The Morgan fingerprint density at radius 2 is 1.77 bits per heavy atom. The van der Waals surface area contributed by atoms with Crippen molar-refractivity contribution in [2.24, 2.45) is 0 Å². The van der Waals surface area contributed by atoms with E-state index in [1.807, 2.05) is 31.3 Å². The van der Waals surface area contributed by atoms with Gasteiger partial charge in [-0.1, -0.05) is 41.9 Å². The summed E-state index contributed by atoms with van der Waals surface area (Å²) in [7, 11) is 0. The minimum atomic E-state index is -0.587. The van der Waals surface area contributed by atoms with Crippen molar-refractivity contribution in [3.8, 4) is 0 Å². The molecule has 1 saturated heterocycles. The van der Waals surface area contributed by atoms with Gasteiger partial charge in [0.2, 0.25) is 0 Å². The molecule has 2 heterocycles. The van der Waals surface area contributed by atoms with Crippen LogP contribution in [-0.4, -0.2) is 24.4 Å². The first kappa shape index (κ1) is 21.7. The average molecular weight is 433 g/mol. The predicted molar refractivity (Wildman–Crippen MR) is 127 cm³/mol. The third-order valence-corrected chi connectivity index (χ3v) is 6.88. The quantitative estimate of drug-likeness (QED) is 0.505. The standard InChI is InChI=1S/C27H29ClN2O/c1-19-17-25(28)7-8-26(19)27(12-16-31,24-11-15-30-20(2)18-24)23-5-3-21(4-6-23)22-9-13-29-14-10-22/h3-8,11,15-18,22,29H,9-10,12-14H2,1-2H3/t27-/m1/s1. The first-order chi connectivity index (χ1) is 15.0. The second kappa shape index (κ2) is 9.33. The number of nitrogens with one attached hydrogen (secondary N) is 1. The van der Waals surface area contributed by atoms with Crippen molar-refractivity contribution >= 4 is 17.9 Å². The summed E-state index contributed by atoms with van der Waals surface area (Å²) in [6.45, 7) is 6.20. The Balaban J connectivity index is 1.90. The number of carbonyl (C=O) groups excluding carboxylic acids is 1. The SMILES string of the molecule is Cc1cc([C@@](CC=O)(c2ccc(C3CCNCC3)cc2)c2ccc(Cl)cc2C)ccn1. The number of hydrogen-bond donors (Lipinski definition) is 1. The molecule has 1 fully saturated rings. The fraction of sp³-hybridized carbons (Fsp3) is 0.333. The normalized spacial score (nSPS) is 16.6. The van der Waals surface area contributed by atoms with E-state index in [-0.39, 0.29) is 0 Å². The lowest BCUT2D eigenvalue weighted by atomic mass is 9.66. The molecule has 3 aromatic rings. The van der Waals surface area contributed by atoms with Crippen molar-refractivity contribution < 1.29 is 4.79 Å². The molecule has 0 spiro atoms. The Hall–Kier alpha value is -2.49. The van der Waals surface area contributed by atoms with E-state index < -0.39 is 5.41 Å². The van der Waals surface area contributed by atoms with Crippen LogP contribution in [0.2, 0.25) is 5.02 Å². The molecule has 1 atom stereocenters. The summed E-state index contributed by atoms with van der Waals surface area (Å²) in [6.07, 6.45) is 5.55. The Morgan fingerprint density at radius 3 is 2.42 bits per heavy atom. The van der Waals surface area contributed by atoms with Crippen LogP contribution in [0.3, 0.4) is 0 Å². The van der Waals surface area contributed by atoms with Crippen LogP contribution in [0.25, 0.3) is 0 Å². The monoisotopic (exact) mass is 432 g/mol. The number of benzene rings is 2. The van der Waals surface area contributed by atoms with Gasteiger partial charge in [0.1, 0.15) is 6.29 Å². The summed E-state index contributed by atoms with van der Waals surface area (Å²) in [5, 5.41) is 4.14. The van der Waals surface area contributed by atoms with Crippen molar-refractivity contribution in [2.45, 2.75) is 44.4 Å². The van der Waals surface area contributed by atoms with Crippen LogP contribution >= 0.6 is 11.6 Å². The van der Waals surface area contributed by atoms with E-state index in [1.54, 1.807) is 0 Å². The molecule has 0 saturated carbocycles. The number of aldehydes is 1. The zero-order valence-corrected chi connectivity index (χ0v) is 19.0. The summed E-state index contributed by atoms with van der Waals surface area (Å²) in [4.78, 5) is 16.5. The van der Waals surface area contributed by atoms with E-state index in [0.29, 0.717) is 17.4 Å². The van der Waals surface area contributed by atoms with Crippen molar-refractivity contribution in [2.75, 3.05) is 13.1 Å². The van der Waals surface area contributed by atoms with Gasteiger partial charge < -0.3 is 10.1 Å². The van der Waals surface area contributed by atoms with Crippen LogP contribution in [0.15, 0.2) is 60.8 Å². The fourth-order valence-corrected chi connectivity index (χ4v) is 5.29. The molecule has 0 radical (unpaired) electrons. The summed E-state index contributed by atoms with van der Waals surface area (Å²) in [5.41, 5.74) is 6.10. The highest BCUT2D eigenvalue weighted by Gasteiger charge is 2.37. The molecule has 31 heavy (non-hydrogen) atoms. The molecule has 4 heteroatoms. The molecule has 0 unspecified atom stereocenters. The molecule has 0 aliphatic carbocycles. The van der Waals surface area contributed by atoms with Gasteiger partial charge in [-0.05, 0) is 97.8 Å². The molecule has 1 aliphatic rings. The van der Waals surface area contributed by atoms with Crippen molar-refractivity contribution in [1.82, 2.24) is 10.3 Å². The van der Waals surface area contributed by atoms with Gasteiger partial charge >= 0.3 is 0 Å². The minimum absolute atomic E-state index is 0.353. The van der Waals surface area contributed by atoms with Gasteiger partial charge in [0.15, 0.2) is 0 Å². The molecule has 1 aliphatic heterocycles. The summed E-state index contributed by atoms with van der Waals surface area (Å²) < 4.78 is 0. The number of hydrogen-bond acceptors (Lipinski definition) is 3. The molecule has 0 amide bonds. The molecular weight excluding hydrogens is 404 g/mol. The lowest BCUT2D eigenvalue weighted by Crippen LogP contribution is -2.31. The summed E-state index contributed by atoms with van der Waals surface area (Å²) >= 11 is 6.28. The number of halogens is 1. The summed E-state index contributed by atoms with van der Waals surface area (Å²) in [6, 6.07) is 19.0. The number of aromatic nitrogens is 1. The number of aryl methyl sites for hydroxylation is 2. The third-order valence-electron chi connectivity index (χ3n) is 6.64. The Kier molecular flexibility index (Phi) is 6.54. The van der Waals surface area contributed by atoms with Crippen molar-refractivity contribution in [3.63, 3.8) is 0 Å². The van der Waals surface area contributed by atoms with Gasteiger partial charge in [0, 0.05) is 23.3 Å². The molecule has 4 rings (SSSR count). The molecule has 0 bridgehead atoms. The van der Waals surface area contributed by atoms with Crippen LogP contribution in [-0.2, 0) is 10.2 Å². The van der Waals surface area contributed by atoms with Crippen LogP contribution in [0, 0.1) is 13.8 Å². The molecule has 1 N–H and O–H groups in total.